The first-order valence-corrected chi connectivity index (χ1v) is 10.2. The van der Waals surface area contributed by atoms with Crippen LogP contribution in [0.25, 0.3) is 0 Å². The molecule has 0 fully saturated rings. The number of fused-ring (bicyclic) bond motifs is 2. The number of benzene rings is 2. The van der Waals surface area contributed by atoms with Crippen LogP contribution in [0.2, 0.25) is 0 Å². The third-order valence-corrected chi connectivity index (χ3v) is 5.09. The molecule has 0 N–H and O–H groups in total. The highest BCUT2D eigenvalue weighted by molar-refractivity contribution is 7.86. The summed E-state index contributed by atoms with van der Waals surface area (Å²) in [6, 6.07) is 10.2. The lowest BCUT2D eigenvalue weighted by atomic mass is 9.94. The third kappa shape index (κ3) is 3.44. The average molecular weight is 375 g/mol. The van der Waals surface area contributed by atoms with Gasteiger partial charge < -0.3 is 18.9 Å². The van der Waals surface area contributed by atoms with Gasteiger partial charge in [0.15, 0.2) is 0 Å². The number of hydrogen-bond acceptors (Lipinski definition) is 6. The average Bonchev–Trinajstić information content (AvgIpc) is 2.53. The molecule has 0 aliphatic carbocycles. The summed E-state index contributed by atoms with van der Waals surface area (Å²) < 4.78 is 28.8. The normalized spacial score (nSPS) is 13.1. The van der Waals surface area contributed by atoms with E-state index < -0.39 is 10.1 Å². The maximum Gasteiger partial charge on any atom is 0.306 e. The lowest BCUT2D eigenvalue weighted by molar-refractivity contribution is 0.490. The predicted octanol–water partition coefficient (Wildman–Crippen LogP) is 2.83. The molecule has 0 saturated carbocycles. The largest absolute Gasteiger partial charge is 0.382 e. The van der Waals surface area contributed by atoms with Crippen molar-refractivity contribution < 1.29 is 12.6 Å². The lowest BCUT2D eigenvalue weighted by Crippen LogP contribution is -2.22. The fourth-order valence-corrected chi connectivity index (χ4v) is 3.68. The second-order valence-electron chi connectivity index (χ2n) is 7.07. The van der Waals surface area contributed by atoms with E-state index in [9.17, 15) is 8.42 Å². The van der Waals surface area contributed by atoms with Gasteiger partial charge in [0, 0.05) is 70.4 Å². The van der Waals surface area contributed by atoms with Gasteiger partial charge in [0.1, 0.15) is 5.75 Å². The maximum atomic E-state index is 11.8. The van der Waals surface area contributed by atoms with Gasteiger partial charge in [-0.05, 0) is 23.8 Å². The summed E-state index contributed by atoms with van der Waals surface area (Å²) in [5.74, 6) is 0.392. The van der Waals surface area contributed by atoms with Crippen molar-refractivity contribution in [2.24, 2.45) is 0 Å². The van der Waals surface area contributed by atoms with Crippen LogP contribution < -0.4 is 18.9 Å². The van der Waals surface area contributed by atoms with Crippen LogP contribution in [-0.2, 0) is 16.5 Å². The van der Waals surface area contributed by atoms with Gasteiger partial charge in [-0.3, -0.25) is 0 Å². The fourth-order valence-electron chi connectivity index (χ4n) is 3.20. The van der Waals surface area contributed by atoms with Gasteiger partial charge >= 0.3 is 10.1 Å². The summed E-state index contributed by atoms with van der Waals surface area (Å²) in [4.78, 5) is 6.11. The van der Waals surface area contributed by atoms with E-state index in [1.807, 2.05) is 40.1 Å². The number of hydrogen-bond donors (Lipinski definition) is 0. The van der Waals surface area contributed by atoms with Crippen LogP contribution >= 0.6 is 0 Å². The molecule has 0 aromatic heterocycles. The Kier molecular flexibility index (Phi) is 4.52. The molecule has 0 atom stereocenters. The van der Waals surface area contributed by atoms with E-state index in [0.29, 0.717) is 12.2 Å². The van der Waals surface area contributed by atoms with Crippen LogP contribution in [0.5, 0.6) is 5.75 Å². The van der Waals surface area contributed by atoms with E-state index in [1.165, 1.54) is 0 Å². The highest BCUT2D eigenvalue weighted by Crippen LogP contribution is 2.45. The molecule has 140 valence electrons. The van der Waals surface area contributed by atoms with Crippen molar-refractivity contribution in [2.75, 3.05) is 56.2 Å². The van der Waals surface area contributed by atoms with Crippen molar-refractivity contribution in [1.29, 1.82) is 0 Å². The standard InChI is InChI=1S/C19H25N3O3S/c1-20(2)14-8-7-13-9-16-18(22(5)17(13)10-14)11-15(21(3)4)12-19(16)25-26(6,23)24/h7-8,10-12H,9H2,1-6H3. The van der Waals surface area contributed by atoms with Crippen molar-refractivity contribution in [3.63, 3.8) is 0 Å². The highest BCUT2D eigenvalue weighted by atomic mass is 32.2. The summed E-state index contributed by atoms with van der Waals surface area (Å²) >= 11 is 0. The van der Waals surface area contributed by atoms with E-state index in [1.54, 1.807) is 6.07 Å². The Morgan fingerprint density at radius 2 is 1.58 bits per heavy atom. The van der Waals surface area contributed by atoms with Crippen molar-refractivity contribution in [2.45, 2.75) is 6.42 Å². The quantitative estimate of drug-likeness (QED) is 0.766. The Labute approximate surface area is 155 Å². The predicted molar refractivity (Wildman–Crippen MR) is 108 cm³/mol. The second kappa shape index (κ2) is 6.39. The van der Waals surface area contributed by atoms with Crippen LogP contribution in [0.3, 0.4) is 0 Å². The molecular weight excluding hydrogens is 350 g/mol. The van der Waals surface area contributed by atoms with Gasteiger partial charge in [0.25, 0.3) is 0 Å². The number of anilines is 4. The van der Waals surface area contributed by atoms with Crippen LogP contribution in [0.15, 0.2) is 30.3 Å². The second-order valence-corrected chi connectivity index (χ2v) is 8.64. The SMILES string of the molecule is CN(C)c1ccc2c(c1)N(C)c1cc(N(C)C)cc(OS(C)(=O)=O)c1C2. The fraction of sp³-hybridized carbons (Fsp3) is 0.368. The van der Waals surface area contributed by atoms with E-state index in [4.69, 9.17) is 4.18 Å². The van der Waals surface area contributed by atoms with Gasteiger partial charge in [-0.1, -0.05) is 6.07 Å². The Hall–Kier alpha value is -2.41. The minimum absolute atomic E-state index is 0.392. The molecule has 0 amide bonds. The van der Waals surface area contributed by atoms with E-state index in [0.717, 1.165) is 40.1 Å². The molecule has 7 heteroatoms. The van der Waals surface area contributed by atoms with Gasteiger partial charge in [-0.2, -0.15) is 8.42 Å². The molecule has 2 aromatic rings. The van der Waals surface area contributed by atoms with Crippen LogP contribution in [0.4, 0.5) is 22.7 Å². The molecule has 3 rings (SSSR count). The zero-order chi connectivity index (χ0) is 19.2. The van der Waals surface area contributed by atoms with Gasteiger partial charge in [-0.15, -0.1) is 0 Å². The third-order valence-electron chi connectivity index (χ3n) is 4.60. The molecule has 1 aliphatic rings. The monoisotopic (exact) mass is 375 g/mol. The molecular formula is C19H25N3O3S. The Balaban J connectivity index is 2.17. The smallest absolute Gasteiger partial charge is 0.306 e. The molecule has 1 aliphatic heterocycles. The Morgan fingerprint density at radius 3 is 2.15 bits per heavy atom. The molecule has 2 aromatic carbocycles. The zero-order valence-electron chi connectivity index (χ0n) is 16.1. The van der Waals surface area contributed by atoms with Gasteiger partial charge in [0.2, 0.25) is 0 Å². The van der Waals surface area contributed by atoms with Gasteiger partial charge in [-0.25, -0.2) is 0 Å². The molecule has 6 nitrogen and oxygen atoms in total. The molecule has 0 bridgehead atoms. The summed E-state index contributed by atoms with van der Waals surface area (Å²) in [6.45, 7) is 0. The van der Waals surface area contributed by atoms with Crippen LogP contribution in [0, 0.1) is 0 Å². The summed E-state index contributed by atoms with van der Waals surface area (Å²) in [5, 5.41) is 0. The number of nitrogens with zero attached hydrogens (tertiary/aromatic N) is 3. The van der Waals surface area contributed by atoms with Crippen LogP contribution in [0.1, 0.15) is 11.1 Å². The van der Waals surface area contributed by atoms with E-state index >= 15 is 0 Å². The summed E-state index contributed by atoms with van der Waals surface area (Å²) in [7, 11) is 6.27. The van der Waals surface area contributed by atoms with Crippen LogP contribution in [-0.4, -0.2) is 49.9 Å². The molecule has 0 unspecified atom stereocenters. The highest BCUT2D eigenvalue weighted by Gasteiger charge is 2.26. The molecule has 0 spiro atoms. The van der Waals surface area contributed by atoms with Crippen molar-refractivity contribution >= 4 is 32.9 Å². The summed E-state index contributed by atoms with van der Waals surface area (Å²) in [6.07, 6.45) is 1.70. The molecule has 26 heavy (non-hydrogen) atoms. The zero-order valence-corrected chi connectivity index (χ0v) is 16.9. The van der Waals surface area contributed by atoms with Crippen molar-refractivity contribution in [3.05, 3.63) is 41.5 Å². The minimum Gasteiger partial charge on any atom is -0.382 e. The Morgan fingerprint density at radius 1 is 0.962 bits per heavy atom. The minimum atomic E-state index is -3.61. The topological polar surface area (TPSA) is 53.1 Å². The number of rotatable bonds is 4. The maximum absolute atomic E-state index is 11.8. The lowest BCUT2D eigenvalue weighted by Gasteiger charge is -2.33. The van der Waals surface area contributed by atoms with E-state index in [-0.39, 0.29) is 0 Å². The first-order valence-electron chi connectivity index (χ1n) is 8.34. The first-order chi connectivity index (χ1) is 12.1. The summed E-state index contributed by atoms with van der Waals surface area (Å²) in [5.41, 5.74) is 6.11. The molecule has 0 saturated heterocycles. The first kappa shape index (κ1) is 18.4. The van der Waals surface area contributed by atoms with E-state index in [2.05, 4.69) is 34.1 Å². The van der Waals surface area contributed by atoms with Gasteiger partial charge in [0.05, 0.1) is 11.9 Å². The van der Waals surface area contributed by atoms with Crippen molar-refractivity contribution in [1.82, 2.24) is 0 Å². The Bertz CT molecular complexity index is 953. The molecule has 1 heterocycles. The van der Waals surface area contributed by atoms with Crippen molar-refractivity contribution in [3.8, 4) is 5.75 Å². The molecule has 0 radical (unpaired) electrons.